The van der Waals surface area contributed by atoms with E-state index < -0.39 is 0 Å². The lowest BCUT2D eigenvalue weighted by molar-refractivity contribution is 0.0958. The van der Waals surface area contributed by atoms with Crippen molar-refractivity contribution in [1.82, 2.24) is 10.3 Å². The fourth-order valence-corrected chi connectivity index (χ4v) is 1.84. The van der Waals surface area contributed by atoms with Gasteiger partial charge in [0.1, 0.15) is 5.69 Å². The van der Waals surface area contributed by atoms with Crippen LogP contribution < -0.4 is 5.32 Å². The van der Waals surface area contributed by atoms with Gasteiger partial charge >= 0.3 is 0 Å². The van der Waals surface area contributed by atoms with Gasteiger partial charge in [-0.1, -0.05) is 6.07 Å². The van der Waals surface area contributed by atoms with Crippen LogP contribution in [-0.2, 0) is 12.8 Å². The van der Waals surface area contributed by atoms with Crippen molar-refractivity contribution in [3.63, 3.8) is 0 Å². The topological polar surface area (TPSA) is 42.0 Å². The van der Waals surface area contributed by atoms with E-state index in [0.717, 1.165) is 18.5 Å². The number of hydrogen-bond acceptors (Lipinski definition) is 2. The molecule has 0 radical (unpaired) electrons. The first-order valence-electron chi connectivity index (χ1n) is 5.02. The highest BCUT2D eigenvalue weighted by Crippen LogP contribution is 2.19. The molecule has 0 aliphatic heterocycles. The van der Waals surface area contributed by atoms with Crippen LogP contribution >= 0.6 is 0 Å². The van der Waals surface area contributed by atoms with Crippen molar-refractivity contribution in [1.29, 1.82) is 0 Å². The minimum absolute atomic E-state index is 0.0987. The van der Waals surface area contributed by atoms with Gasteiger partial charge in [-0.15, -0.1) is 0 Å². The van der Waals surface area contributed by atoms with Crippen LogP contribution in [0.3, 0.4) is 0 Å². The quantitative estimate of drug-likeness (QED) is 0.725. The number of amides is 1. The van der Waals surface area contributed by atoms with Crippen molar-refractivity contribution in [2.75, 3.05) is 7.05 Å². The number of carbonyl (C=O) groups excluding carboxylic acids is 1. The van der Waals surface area contributed by atoms with Gasteiger partial charge in [0.05, 0.1) is 0 Å². The highest BCUT2D eigenvalue weighted by atomic mass is 16.1. The maximum absolute atomic E-state index is 11.3. The Morgan fingerprint density at radius 1 is 1.36 bits per heavy atom. The predicted octanol–water partition coefficient (Wildman–Crippen LogP) is 1.32. The van der Waals surface area contributed by atoms with E-state index in [2.05, 4.69) is 10.3 Å². The van der Waals surface area contributed by atoms with Crippen molar-refractivity contribution in [3.05, 3.63) is 29.1 Å². The van der Waals surface area contributed by atoms with E-state index in [1.54, 1.807) is 7.05 Å². The van der Waals surface area contributed by atoms with E-state index >= 15 is 0 Å². The van der Waals surface area contributed by atoms with Crippen molar-refractivity contribution in [3.8, 4) is 0 Å². The van der Waals surface area contributed by atoms with Gasteiger partial charge in [-0.2, -0.15) is 0 Å². The van der Waals surface area contributed by atoms with Crippen molar-refractivity contribution >= 4 is 5.91 Å². The summed E-state index contributed by atoms with van der Waals surface area (Å²) in [6, 6.07) is 3.84. The third kappa shape index (κ3) is 1.62. The van der Waals surface area contributed by atoms with Crippen LogP contribution in [0, 0.1) is 0 Å². The van der Waals surface area contributed by atoms with E-state index in [1.165, 1.54) is 18.4 Å². The Hall–Kier alpha value is -1.38. The summed E-state index contributed by atoms with van der Waals surface area (Å²) in [6.45, 7) is 0. The minimum atomic E-state index is -0.0987. The summed E-state index contributed by atoms with van der Waals surface area (Å²) in [5.74, 6) is -0.0987. The van der Waals surface area contributed by atoms with Crippen LogP contribution in [0.5, 0.6) is 0 Å². The fourth-order valence-electron chi connectivity index (χ4n) is 1.84. The van der Waals surface area contributed by atoms with Gasteiger partial charge in [0.25, 0.3) is 5.91 Å². The lowest BCUT2D eigenvalue weighted by Crippen LogP contribution is -2.20. The lowest BCUT2D eigenvalue weighted by atomic mass is 9.96. The Balaban J connectivity index is 2.33. The molecule has 3 nitrogen and oxygen atoms in total. The number of fused-ring (bicyclic) bond motifs is 1. The molecule has 1 heterocycles. The number of hydrogen-bond donors (Lipinski definition) is 1. The number of rotatable bonds is 1. The second-order valence-corrected chi connectivity index (χ2v) is 3.59. The molecule has 1 aliphatic rings. The molecule has 0 atom stereocenters. The van der Waals surface area contributed by atoms with Crippen LogP contribution in [0.2, 0.25) is 0 Å². The Kier molecular flexibility index (Phi) is 2.48. The van der Waals surface area contributed by atoms with Crippen LogP contribution in [0.15, 0.2) is 12.1 Å². The summed E-state index contributed by atoms with van der Waals surface area (Å²) in [7, 11) is 1.63. The smallest absolute Gasteiger partial charge is 0.269 e. The molecule has 2 rings (SSSR count). The molecule has 0 bridgehead atoms. The first kappa shape index (κ1) is 9.19. The largest absolute Gasteiger partial charge is 0.354 e. The molecular weight excluding hydrogens is 176 g/mol. The SMILES string of the molecule is CNC(=O)c1ccc2c(n1)CCCC2. The van der Waals surface area contributed by atoms with Gasteiger partial charge in [-0.3, -0.25) is 4.79 Å². The highest BCUT2D eigenvalue weighted by Gasteiger charge is 2.13. The molecular formula is C11H14N2O. The number of nitrogens with one attached hydrogen (secondary N) is 1. The molecule has 0 aromatic carbocycles. The normalized spacial score (nSPS) is 14.6. The summed E-state index contributed by atoms with van der Waals surface area (Å²) in [5.41, 5.74) is 2.95. The second kappa shape index (κ2) is 3.78. The molecule has 0 unspecified atom stereocenters. The summed E-state index contributed by atoms with van der Waals surface area (Å²) in [4.78, 5) is 15.7. The molecule has 3 heteroatoms. The van der Waals surface area contributed by atoms with Gasteiger partial charge in [0.2, 0.25) is 0 Å². The van der Waals surface area contributed by atoms with E-state index in [4.69, 9.17) is 0 Å². The van der Waals surface area contributed by atoms with Crippen molar-refractivity contribution in [2.45, 2.75) is 25.7 Å². The molecule has 0 spiro atoms. The zero-order chi connectivity index (χ0) is 9.97. The highest BCUT2D eigenvalue weighted by molar-refractivity contribution is 5.92. The first-order valence-corrected chi connectivity index (χ1v) is 5.02. The molecule has 1 aromatic rings. The van der Waals surface area contributed by atoms with E-state index in [9.17, 15) is 4.79 Å². The molecule has 1 aromatic heterocycles. The zero-order valence-corrected chi connectivity index (χ0v) is 8.34. The van der Waals surface area contributed by atoms with Gasteiger partial charge in [-0.25, -0.2) is 4.98 Å². The molecule has 0 saturated heterocycles. The zero-order valence-electron chi connectivity index (χ0n) is 8.34. The third-order valence-corrected chi connectivity index (χ3v) is 2.64. The van der Waals surface area contributed by atoms with E-state index in [1.807, 2.05) is 12.1 Å². The maximum Gasteiger partial charge on any atom is 0.269 e. The Bertz CT molecular complexity index is 360. The second-order valence-electron chi connectivity index (χ2n) is 3.59. The van der Waals surface area contributed by atoms with E-state index in [-0.39, 0.29) is 5.91 Å². The minimum Gasteiger partial charge on any atom is -0.354 e. The van der Waals surface area contributed by atoms with Gasteiger partial charge in [-0.05, 0) is 37.3 Å². The Labute approximate surface area is 83.5 Å². The standard InChI is InChI=1S/C11H14N2O/c1-12-11(14)10-7-6-8-4-2-3-5-9(8)13-10/h6-7H,2-5H2,1H3,(H,12,14). The fraction of sp³-hybridized carbons (Fsp3) is 0.455. The lowest BCUT2D eigenvalue weighted by Gasteiger charge is -2.14. The summed E-state index contributed by atoms with van der Waals surface area (Å²) < 4.78 is 0. The average molecular weight is 190 g/mol. The number of aromatic nitrogens is 1. The van der Waals surface area contributed by atoms with Gasteiger partial charge in [0, 0.05) is 12.7 Å². The summed E-state index contributed by atoms with van der Waals surface area (Å²) >= 11 is 0. The summed E-state index contributed by atoms with van der Waals surface area (Å²) in [6.07, 6.45) is 4.56. The third-order valence-electron chi connectivity index (χ3n) is 2.64. The average Bonchev–Trinajstić information content (AvgIpc) is 2.27. The van der Waals surface area contributed by atoms with Crippen molar-refractivity contribution in [2.24, 2.45) is 0 Å². The number of carbonyl (C=O) groups is 1. The molecule has 74 valence electrons. The molecule has 1 amide bonds. The van der Waals surface area contributed by atoms with Gasteiger partial charge < -0.3 is 5.32 Å². The molecule has 14 heavy (non-hydrogen) atoms. The van der Waals surface area contributed by atoms with Crippen LogP contribution in [0.1, 0.15) is 34.6 Å². The summed E-state index contributed by atoms with van der Waals surface area (Å²) in [5, 5.41) is 2.59. The van der Waals surface area contributed by atoms with Gasteiger partial charge in [0.15, 0.2) is 0 Å². The number of nitrogens with zero attached hydrogens (tertiary/aromatic N) is 1. The molecule has 1 N–H and O–H groups in total. The first-order chi connectivity index (χ1) is 6.81. The van der Waals surface area contributed by atoms with E-state index in [0.29, 0.717) is 5.69 Å². The van der Waals surface area contributed by atoms with Crippen LogP contribution in [0.4, 0.5) is 0 Å². The molecule has 1 aliphatic carbocycles. The number of aryl methyl sites for hydroxylation is 2. The molecule has 0 fully saturated rings. The Morgan fingerprint density at radius 3 is 2.93 bits per heavy atom. The Morgan fingerprint density at radius 2 is 2.14 bits per heavy atom. The predicted molar refractivity (Wildman–Crippen MR) is 54.3 cm³/mol. The maximum atomic E-state index is 11.3. The van der Waals surface area contributed by atoms with Crippen LogP contribution in [0.25, 0.3) is 0 Å². The van der Waals surface area contributed by atoms with Crippen molar-refractivity contribution < 1.29 is 4.79 Å². The molecule has 0 saturated carbocycles. The monoisotopic (exact) mass is 190 g/mol. The van der Waals surface area contributed by atoms with Crippen LogP contribution in [-0.4, -0.2) is 17.9 Å². The number of pyridine rings is 1.